The van der Waals surface area contributed by atoms with Gasteiger partial charge in [-0.2, -0.15) is 4.31 Å². The topological polar surface area (TPSA) is 74.7 Å². The fourth-order valence-electron chi connectivity index (χ4n) is 1.84. The van der Waals surface area contributed by atoms with E-state index in [2.05, 4.69) is 15.9 Å². The Hall–Kier alpha value is -0.920. The summed E-state index contributed by atoms with van der Waals surface area (Å²) in [4.78, 5) is 11.0. The quantitative estimate of drug-likeness (QED) is 0.906. The molecule has 7 heteroatoms. The average Bonchev–Trinajstić information content (AvgIpc) is 3.14. The van der Waals surface area contributed by atoms with Crippen LogP contribution in [0, 0.1) is 6.92 Å². The fraction of sp³-hybridized carbons (Fsp3) is 0.417. The van der Waals surface area contributed by atoms with Crippen molar-refractivity contribution in [3.8, 4) is 0 Å². The van der Waals surface area contributed by atoms with Crippen molar-refractivity contribution in [1.29, 1.82) is 0 Å². The van der Waals surface area contributed by atoms with Crippen molar-refractivity contribution in [2.24, 2.45) is 0 Å². The number of carboxylic acid groups (broad SMARTS) is 1. The average molecular weight is 348 g/mol. The molecule has 104 valence electrons. The van der Waals surface area contributed by atoms with Gasteiger partial charge in [-0.15, -0.1) is 0 Å². The number of rotatable bonds is 4. The lowest BCUT2D eigenvalue weighted by Crippen LogP contribution is -2.29. The van der Waals surface area contributed by atoms with E-state index >= 15 is 0 Å². The highest BCUT2D eigenvalue weighted by molar-refractivity contribution is 9.10. The molecule has 0 aromatic heterocycles. The summed E-state index contributed by atoms with van der Waals surface area (Å²) in [5.41, 5.74) is 0.561. The van der Waals surface area contributed by atoms with Crippen LogP contribution in [0.25, 0.3) is 0 Å². The van der Waals surface area contributed by atoms with E-state index < -0.39 is 16.0 Å². The van der Waals surface area contributed by atoms with Gasteiger partial charge in [0.2, 0.25) is 10.0 Å². The molecule has 2 rings (SSSR count). The molecule has 1 aromatic rings. The fourth-order valence-corrected chi connectivity index (χ4v) is 4.26. The number of benzene rings is 1. The van der Waals surface area contributed by atoms with Crippen molar-refractivity contribution in [3.63, 3.8) is 0 Å². The molecule has 1 saturated carbocycles. The molecule has 0 radical (unpaired) electrons. The maximum absolute atomic E-state index is 12.5. The maximum atomic E-state index is 12.5. The second kappa shape index (κ2) is 4.88. The first kappa shape index (κ1) is 14.5. The predicted octanol–water partition coefficient (Wildman–Crippen LogP) is 2.24. The van der Waals surface area contributed by atoms with Crippen LogP contribution in [0.15, 0.2) is 21.5 Å². The van der Waals surface area contributed by atoms with Gasteiger partial charge < -0.3 is 5.11 Å². The number of nitrogens with zero attached hydrogens (tertiary/aromatic N) is 1. The van der Waals surface area contributed by atoms with Crippen molar-refractivity contribution in [2.45, 2.75) is 30.7 Å². The van der Waals surface area contributed by atoms with Crippen LogP contribution in [0.1, 0.15) is 28.8 Å². The summed E-state index contributed by atoms with van der Waals surface area (Å²) >= 11 is 3.24. The number of aryl methyl sites for hydroxylation is 1. The lowest BCUT2D eigenvalue weighted by atomic mass is 10.1. The highest BCUT2D eigenvalue weighted by Gasteiger charge is 2.36. The number of hydrogen-bond acceptors (Lipinski definition) is 3. The Kier molecular flexibility index (Phi) is 3.72. The van der Waals surface area contributed by atoms with Gasteiger partial charge in [0.1, 0.15) is 0 Å². The number of carboxylic acids is 1. The first-order valence-electron chi connectivity index (χ1n) is 5.76. The molecule has 0 bridgehead atoms. The summed E-state index contributed by atoms with van der Waals surface area (Å²) in [6, 6.07) is 2.68. The molecule has 1 fully saturated rings. The van der Waals surface area contributed by atoms with Crippen LogP contribution in [0.5, 0.6) is 0 Å². The molecule has 19 heavy (non-hydrogen) atoms. The smallest absolute Gasteiger partial charge is 0.335 e. The Morgan fingerprint density at radius 3 is 2.47 bits per heavy atom. The van der Waals surface area contributed by atoms with Gasteiger partial charge in [0.05, 0.1) is 10.5 Å². The normalized spacial score (nSPS) is 15.8. The zero-order valence-electron chi connectivity index (χ0n) is 10.6. The van der Waals surface area contributed by atoms with Crippen LogP contribution in [-0.4, -0.2) is 36.9 Å². The highest BCUT2D eigenvalue weighted by atomic mass is 79.9. The molecule has 0 amide bonds. The van der Waals surface area contributed by atoms with Gasteiger partial charge in [-0.3, -0.25) is 0 Å². The van der Waals surface area contributed by atoms with Crippen LogP contribution in [0.3, 0.4) is 0 Å². The van der Waals surface area contributed by atoms with E-state index in [0.29, 0.717) is 10.0 Å². The van der Waals surface area contributed by atoms with E-state index in [0.717, 1.165) is 12.8 Å². The predicted molar refractivity (Wildman–Crippen MR) is 73.8 cm³/mol. The first-order valence-corrected chi connectivity index (χ1v) is 8.00. The third-order valence-electron chi connectivity index (χ3n) is 3.19. The summed E-state index contributed by atoms with van der Waals surface area (Å²) in [7, 11) is -2.13. The molecule has 0 unspecified atom stereocenters. The lowest BCUT2D eigenvalue weighted by Gasteiger charge is -2.18. The van der Waals surface area contributed by atoms with Gasteiger partial charge in [0.15, 0.2) is 0 Å². The number of carbonyl (C=O) groups is 1. The third-order valence-corrected chi connectivity index (χ3v) is 6.44. The molecule has 0 heterocycles. The van der Waals surface area contributed by atoms with Crippen LogP contribution < -0.4 is 0 Å². The Morgan fingerprint density at radius 1 is 1.42 bits per heavy atom. The molecule has 0 saturated heterocycles. The van der Waals surface area contributed by atoms with E-state index in [1.165, 1.54) is 23.5 Å². The van der Waals surface area contributed by atoms with E-state index in [1.54, 1.807) is 6.92 Å². The van der Waals surface area contributed by atoms with Gasteiger partial charge in [-0.1, -0.05) is 0 Å². The van der Waals surface area contributed by atoms with Crippen LogP contribution in [0.4, 0.5) is 0 Å². The molecule has 1 N–H and O–H groups in total. The largest absolute Gasteiger partial charge is 0.478 e. The van der Waals surface area contributed by atoms with Crippen LogP contribution >= 0.6 is 15.9 Å². The SMILES string of the molecule is Cc1cc(C(=O)O)cc(S(=O)(=O)N(C)C2CC2)c1Br. The minimum Gasteiger partial charge on any atom is -0.478 e. The maximum Gasteiger partial charge on any atom is 0.335 e. The highest BCUT2D eigenvalue weighted by Crippen LogP contribution is 2.34. The Bertz CT molecular complexity index is 637. The first-order chi connectivity index (χ1) is 8.75. The second-order valence-corrected chi connectivity index (χ2v) is 7.42. The van der Waals surface area contributed by atoms with Crippen molar-refractivity contribution in [3.05, 3.63) is 27.7 Å². The summed E-state index contributed by atoms with van der Waals surface area (Å²) in [5.74, 6) is -1.14. The molecule has 0 spiro atoms. The van der Waals surface area contributed by atoms with Crippen molar-refractivity contribution < 1.29 is 18.3 Å². The minimum absolute atomic E-state index is 0.0132. The van der Waals surface area contributed by atoms with Gasteiger partial charge in [-0.25, -0.2) is 13.2 Å². The molecular formula is C12H14BrNO4S. The van der Waals surface area contributed by atoms with E-state index in [4.69, 9.17) is 5.11 Å². The standard InChI is InChI=1S/C12H14BrNO4S/c1-7-5-8(12(15)16)6-10(11(7)13)19(17,18)14(2)9-3-4-9/h5-6,9H,3-4H2,1-2H3,(H,15,16). The molecule has 5 nitrogen and oxygen atoms in total. The van der Waals surface area contributed by atoms with Crippen molar-refractivity contribution in [2.75, 3.05) is 7.05 Å². The third kappa shape index (κ3) is 2.68. The van der Waals surface area contributed by atoms with Gasteiger partial charge in [0, 0.05) is 17.6 Å². The molecule has 1 aromatic carbocycles. The number of halogens is 1. The van der Waals surface area contributed by atoms with E-state index in [1.807, 2.05) is 0 Å². The van der Waals surface area contributed by atoms with Gasteiger partial charge in [-0.05, 0) is 53.4 Å². The molecule has 0 aliphatic heterocycles. The van der Waals surface area contributed by atoms with Crippen molar-refractivity contribution in [1.82, 2.24) is 4.31 Å². The Labute approximate surface area is 120 Å². The summed E-state index contributed by atoms with van der Waals surface area (Å²) in [6.07, 6.45) is 1.70. The lowest BCUT2D eigenvalue weighted by molar-refractivity contribution is 0.0696. The number of sulfonamides is 1. The summed E-state index contributed by atoms with van der Waals surface area (Å²) in [6.45, 7) is 1.67. The molecule has 0 atom stereocenters. The van der Waals surface area contributed by atoms with Gasteiger partial charge in [0.25, 0.3) is 0 Å². The van der Waals surface area contributed by atoms with E-state index in [-0.39, 0.29) is 16.5 Å². The molecule has 1 aliphatic carbocycles. The number of hydrogen-bond donors (Lipinski definition) is 1. The molecule has 1 aliphatic rings. The van der Waals surface area contributed by atoms with E-state index in [9.17, 15) is 13.2 Å². The summed E-state index contributed by atoms with van der Waals surface area (Å²) in [5, 5.41) is 9.03. The monoisotopic (exact) mass is 347 g/mol. The minimum atomic E-state index is -3.66. The second-order valence-electron chi connectivity index (χ2n) is 4.66. The van der Waals surface area contributed by atoms with Crippen molar-refractivity contribution >= 4 is 31.9 Å². The zero-order chi connectivity index (χ0) is 14.4. The Balaban J connectivity index is 2.57. The Morgan fingerprint density at radius 2 is 2.00 bits per heavy atom. The van der Waals surface area contributed by atoms with Crippen LogP contribution in [0.2, 0.25) is 0 Å². The molecular weight excluding hydrogens is 334 g/mol. The number of aromatic carboxylic acids is 1. The van der Waals surface area contributed by atoms with Gasteiger partial charge >= 0.3 is 5.97 Å². The van der Waals surface area contributed by atoms with Crippen LogP contribution in [-0.2, 0) is 10.0 Å². The summed E-state index contributed by atoms with van der Waals surface area (Å²) < 4.78 is 26.7. The zero-order valence-corrected chi connectivity index (χ0v) is 13.0.